The van der Waals surface area contributed by atoms with Crippen molar-refractivity contribution in [3.8, 4) is 0 Å². The Morgan fingerprint density at radius 1 is 1.21 bits per heavy atom. The quantitative estimate of drug-likeness (QED) is 0.443. The van der Waals surface area contributed by atoms with Crippen molar-refractivity contribution < 1.29 is 9.47 Å². The fourth-order valence-corrected chi connectivity index (χ4v) is 4.55. The van der Waals surface area contributed by atoms with Gasteiger partial charge in [-0.2, -0.15) is 0 Å². The van der Waals surface area contributed by atoms with Crippen LogP contribution in [-0.2, 0) is 21.8 Å². The number of anilines is 1. The lowest BCUT2D eigenvalue weighted by Gasteiger charge is -2.30. The minimum atomic E-state index is -0.991. The van der Waals surface area contributed by atoms with Crippen LogP contribution in [-0.4, -0.2) is 28.0 Å². The molecule has 0 amide bonds. The van der Waals surface area contributed by atoms with Crippen molar-refractivity contribution in [2.75, 3.05) is 18.1 Å². The highest BCUT2D eigenvalue weighted by atomic mass is 35.5. The Kier molecular flexibility index (Phi) is 5.85. The summed E-state index contributed by atoms with van der Waals surface area (Å²) in [5, 5.41) is 1.08. The van der Waals surface area contributed by atoms with E-state index in [1.165, 1.54) is 0 Å². The van der Waals surface area contributed by atoms with Crippen molar-refractivity contribution in [3.63, 3.8) is 0 Å². The minimum Gasteiger partial charge on any atom is -0.399 e. The smallest absolute Gasteiger partial charge is 0.215 e. The van der Waals surface area contributed by atoms with Gasteiger partial charge in [-0.1, -0.05) is 29.3 Å². The van der Waals surface area contributed by atoms with Gasteiger partial charge in [-0.05, 0) is 36.4 Å². The number of rotatable bonds is 6. The van der Waals surface area contributed by atoms with Crippen molar-refractivity contribution in [2.24, 2.45) is 0 Å². The van der Waals surface area contributed by atoms with Crippen LogP contribution in [0.5, 0.6) is 0 Å². The number of thioether (sulfide) groups is 1. The van der Waals surface area contributed by atoms with E-state index in [9.17, 15) is 0 Å². The van der Waals surface area contributed by atoms with Gasteiger partial charge in [-0.3, -0.25) is 0 Å². The normalized spacial score (nSPS) is 21.9. The summed E-state index contributed by atoms with van der Waals surface area (Å²) >= 11 is 14.3. The monoisotopic (exact) mass is 435 g/mol. The maximum atomic E-state index is 6.49. The summed E-state index contributed by atoms with van der Waals surface area (Å²) in [6.45, 7) is 0.910. The molecule has 2 heterocycles. The number of aromatic nitrogens is 2. The molecule has 1 saturated heterocycles. The van der Waals surface area contributed by atoms with E-state index in [0.29, 0.717) is 23.2 Å². The van der Waals surface area contributed by atoms with Crippen LogP contribution in [0.4, 0.5) is 5.69 Å². The maximum absolute atomic E-state index is 6.49. The second-order valence-corrected chi connectivity index (χ2v) is 8.48. The number of benzene rings is 2. The van der Waals surface area contributed by atoms with E-state index >= 15 is 0 Å². The van der Waals surface area contributed by atoms with Gasteiger partial charge < -0.3 is 19.8 Å². The zero-order chi connectivity index (χ0) is 19.6. The average Bonchev–Trinajstić information content (AvgIpc) is 3.32. The van der Waals surface area contributed by atoms with E-state index in [4.69, 9.17) is 38.4 Å². The third kappa shape index (κ3) is 4.31. The summed E-state index contributed by atoms with van der Waals surface area (Å²) in [4.78, 5) is 5.24. The summed E-state index contributed by atoms with van der Waals surface area (Å²) in [6.07, 6.45) is 5.24. The zero-order valence-electron chi connectivity index (χ0n) is 14.9. The van der Waals surface area contributed by atoms with Crippen LogP contribution < -0.4 is 5.73 Å². The highest BCUT2D eigenvalue weighted by Crippen LogP contribution is 2.41. The first-order chi connectivity index (χ1) is 13.5. The van der Waals surface area contributed by atoms with Gasteiger partial charge in [0.05, 0.1) is 30.6 Å². The largest absolute Gasteiger partial charge is 0.399 e. The van der Waals surface area contributed by atoms with Crippen LogP contribution in [0.1, 0.15) is 5.56 Å². The molecule has 1 fully saturated rings. The lowest BCUT2D eigenvalue weighted by atomic mass is 10.1. The van der Waals surface area contributed by atoms with Gasteiger partial charge in [0.15, 0.2) is 0 Å². The first-order valence-corrected chi connectivity index (χ1v) is 10.5. The van der Waals surface area contributed by atoms with Gasteiger partial charge in [0.1, 0.15) is 0 Å². The van der Waals surface area contributed by atoms with Gasteiger partial charge in [0, 0.05) is 39.3 Å². The molecule has 5 nitrogen and oxygen atoms in total. The topological polar surface area (TPSA) is 62.3 Å². The number of ether oxygens (including phenoxy) is 2. The first kappa shape index (κ1) is 19.6. The molecule has 2 aromatic carbocycles. The molecule has 0 radical (unpaired) electrons. The number of hydrogen-bond donors (Lipinski definition) is 1. The molecule has 3 aromatic rings. The van der Waals surface area contributed by atoms with Crippen LogP contribution in [0.15, 0.2) is 66.1 Å². The number of nitrogens with two attached hydrogens (primary N) is 1. The number of imidazole rings is 1. The molecule has 0 spiro atoms. The van der Waals surface area contributed by atoms with Crippen LogP contribution in [0, 0.1) is 0 Å². The number of nitrogens with zero attached hydrogens (tertiary/aromatic N) is 2. The highest BCUT2D eigenvalue weighted by Gasteiger charge is 2.45. The number of hydrogen-bond acceptors (Lipinski definition) is 5. The Balaban J connectivity index is 1.54. The summed E-state index contributed by atoms with van der Waals surface area (Å²) in [5.74, 6) is -0.241. The van der Waals surface area contributed by atoms with Crippen LogP contribution in [0.25, 0.3) is 0 Å². The third-order valence-corrected chi connectivity index (χ3v) is 6.16. The van der Waals surface area contributed by atoms with E-state index in [2.05, 4.69) is 4.98 Å². The molecule has 8 heteroatoms. The van der Waals surface area contributed by atoms with Crippen molar-refractivity contribution in [2.45, 2.75) is 23.3 Å². The van der Waals surface area contributed by atoms with Crippen molar-refractivity contribution in [3.05, 3.63) is 76.8 Å². The van der Waals surface area contributed by atoms with Crippen molar-refractivity contribution >= 4 is 40.7 Å². The van der Waals surface area contributed by atoms with Crippen molar-refractivity contribution in [1.29, 1.82) is 0 Å². The lowest BCUT2D eigenvalue weighted by Crippen LogP contribution is -2.34. The van der Waals surface area contributed by atoms with Crippen molar-refractivity contribution in [1.82, 2.24) is 9.55 Å². The summed E-state index contributed by atoms with van der Waals surface area (Å²) in [7, 11) is 0. The summed E-state index contributed by atoms with van der Waals surface area (Å²) in [6, 6.07) is 13.2. The molecule has 28 heavy (non-hydrogen) atoms. The molecule has 146 valence electrons. The Morgan fingerprint density at radius 3 is 2.75 bits per heavy atom. The van der Waals surface area contributed by atoms with Gasteiger partial charge in [-0.15, -0.1) is 11.8 Å². The molecular formula is C20H19Cl2N3O2S. The Bertz CT molecular complexity index is 937. The number of halogens is 2. The van der Waals surface area contributed by atoms with Crippen LogP contribution in [0.2, 0.25) is 10.0 Å². The molecule has 2 N–H and O–H groups in total. The summed E-state index contributed by atoms with van der Waals surface area (Å²) in [5.41, 5.74) is 7.26. The van der Waals surface area contributed by atoms with E-state index in [0.717, 1.165) is 21.9 Å². The van der Waals surface area contributed by atoms with Gasteiger partial charge >= 0.3 is 0 Å². The first-order valence-electron chi connectivity index (χ1n) is 8.75. The van der Waals surface area contributed by atoms with E-state index in [-0.39, 0.29) is 6.10 Å². The molecule has 4 rings (SSSR count). The Labute approximate surface area is 177 Å². The predicted octanol–water partition coefficient (Wildman–Crippen LogP) is 4.83. The van der Waals surface area contributed by atoms with E-state index in [1.807, 2.05) is 41.1 Å². The molecular weight excluding hydrogens is 417 g/mol. The molecule has 0 bridgehead atoms. The Hall–Kier alpha value is -1.70. The highest BCUT2D eigenvalue weighted by molar-refractivity contribution is 7.99. The fourth-order valence-electron chi connectivity index (χ4n) is 3.13. The van der Waals surface area contributed by atoms with Gasteiger partial charge in [-0.25, -0.2) is 4.98 Å². The average molecular weight is 436 g/mol. The van der Waals surface area contributed by atoms with Crippen LogP contribution in [0.3, 0.4) is 0 Å². The zero-order valence-corrected chi connectivity index (χ0v) is 17.3. The van der Waals surface area contributed by atoms with Crippen LogP contribution >= 0.6 is 35.0 Å². The SMILES string of the molecule is Nc1ccc(SC[C@H]2CO[C@](Cn3ccnc3)(c3ccc(Cl)cc3Cl)O2)cc1. The van der Waals surface area contributed by atoms with E-state index in [1.54, 1.807) is 36.4 Å². The standard InChI is InChI=1S/C20H19Cl2N3O2S/c21-14-1-6-18(19(22)9-14)20(12-25-8-7-24-13-25)26-10-16(27-20)11-28-17-4-2-15(23)3-5-17/h1-9,13,16H,10-12,23H2/t16-,20+/m1/s1. The van der Waals surface area contributed by atoms with Gasteiger partial charge in [0.25, 0.3) is 0 Å². The molecule has 0 saturated carbocycles. The summed E-state index contributed by atoms with van der Waals surface area (Å²) < 4.78 is 14.6. The second-order valence-electron chi connectivity index (χ2n) is 6.54. The molecule has 1 aliphatic rings. The molecule has 0 aliphatic carbocycles. The Morgan fingerprint density at radius 2 is 2.04 bits per heavy atom. The number of nitrogen functional groups attached to an aromatic ring is 1. The second kappa shape index (κ2) is 8.35. The third-order valence-electron chi connectivity index (χ3n) is 4.47. The molecule has 2 atom stereocenters. The fraction of sp³-hybridized carbons (Fsp3) is 0.250. The lowest BCUT2D eigenvalue weighted by molar-refractivity contribution is -0.184. The molecule has 1 aromatic heterocycles. The maximum Gasteiger partial charge on any atom is 0.215 e. The molecule has 1 aliphatic heterocycles. The molecule has 0 unspecified atom stereocenters. The predicted molar refractivity (Wildman–Crippen MR) is 113 cm³/mol. The van der Waals surface area contributed by atoms with E-state index < -0.39 is 5.79 Å². The van der Waals surface area contributed by atoms with Gasteiger partial charge in [0.2, 0.25) is 5.79 Å². The minimum absolute atomic E-state index is 0.0854.